The van der Waals surface area contributed by atoms with Gasteiger partial charge >= 0.3 is 0 Å². The van der Waals surface area contributed by atoms with Gasteiger partial charge in [-0.2, -0.15) is 0 Å². The van der Waals surface area contributed by atoms with Gasteiger partial charge in [0.25, 0.3) is 0 Å². The molecular weight excluding hydrogens is 290 g/mol. The van der Waals surface area contributed by atoms with E-state index in [-0.39, 0.29) is 5.54 Å². The molecule has 0 aromatic heterocycles. The van der Waals surface area contributed by atoms with E-state index in [1.165, 1.54) is 10.0 Å². The first-order chi connectivity index (χ1) is 8.42. The Morgan fingerprint density at radius 2 is 1.94 bits per heavy atom. The predicted molar refractivity (Wildman–Crippen MR) is 81.0 cm³/mol. The first kappa shape index (κ1) is 15.7. The van der Waals surface area contributed by atoms with Crippen molar-refractivity contribution in [1.82, 2.24) is 5.32 Å². The van der Waals surface area contributed by atoms with Gasteiger partial charge in [-0.3, -0.25) is 0 Å². The molecule has 3 heteroatoms. The zero-order valence-corrected chi connectivity index (χ0v) is 13.4. The second-order valence-corrected chi connectivity index (χ2v) is 6.60. The molecule has 0 bridgehead atoms. The average Bonchev–Trinajstić information content (AvgIpc) is 2.28. The highest BCUT2D eigenvalue weighted by atomic mass is 79.9. The highest BCUT2D eigenvalue weighted by Crippen LogP contribution is 2.19. The van der Waals surface area contributed by atoms with E-state index in [9.17, 15) is 0 Å². The Hall–Kier alpha value is -0.380. The number of methoxy groups -OCH3 is 1. The molecule has 2 nitrogen and oxygen atoms in total. The van der Waals surface area contributed by atoms with E-state index in [1.807, 2.05) is 6.07 Å². The van der Waals surface area contributed by atoms with Crippen molar-refractivity contribution in [2.45, 2.75) is 32.7 Å². The zero-order valence-electron chi connectivity index (χ0n) is 11.8. The Labute approximate surface area is 119 Å². The second-order valence-electron chi connectivity index (χ2n) is 5.75. The van der Waals surface area contributed by atoms with E-state index in [0.717, 1.165) is 19.6 Å². The van der Waals surface area contributed by atoms with Crippen LogP contribution in [0.3, 0.4) is 0 Å². The molecule has 0 radical (unpaired) electrons. The molecule has 1 rings (SSSR count). The van der Waals surface area contributed by atoms with Crippen LogP contribution in [0.2, 0.25) is 0 Å². The third-order valence-electron chi connectivity index (χ3n) is 2.79. The Kier molecular flexibility index (Phi) is 6.33. The van der Waals surface area contributed by atoms with Crippen LogP contribution in [-0.2, 0) is 11.2 Å². The van der Waals surface area contributed by atoms with Crippen LogP contribution in [0.5, 0.6) is 0 Å². The van der Waals surface area contributed by atoms with Gasteiger partial charge in [-0.05, 0) is 44.7 Å². The van der Waals surface area contributed by atoms with Gasteiger partial charge in [-0.1, -0.05) is 34.1 Å². The molecule has 0 aliphatic rings. The fourth-order valence-electron chi connectivity index (χ4n) is 1.85. The minimum atomic E-state index is 0.153. The lowest BCUT2D eigenvalue weighted by atomic mass is 9.98. The van der Waals surface area contributed by atoms with Gasteiger partial charge < -0.3 is 10.1 Å². The molecule has 18 heavy (non-hydrogen) atoms. The van der Waals surface area contributed by atoms with Crippen molar-refractivity contribution < 1.29 is 4.74 Å². The van der Waals surface area contributed by atoms with E-state index in [4.69, 9.17) is 4.74 Å². The predicted octanol–water partition coefficient (Wildman–Crippen LogP) is 3.64. The van der Waals surface area contributed by atoms with Crippen molar-refractivity contribution in [1.29, 1.82) is 0 Å². The molecule has 1 atom stereocenters. The average molecular weight is 314 g/mol. The van der Waals surface area contributed by atoms with Crippen LogP contribution in [0.25, 0.3) is 0 Å². The second kappa shape index (κ2) is 7.27. The minimum Gasteiger partial charge on any atom is -0.384 e. The number of hydrogen-bond donors (Lipinski definition) is 1. The fourth-order valence-corrected chi connectivity index (χ4v) is 2.30. The van der Waals surface area contributed by atoms with E-state index in [0.29, 0.717) is 5.92 Å². The number of ether oxygens (including phenoxy) is 1. The van der Waals surface area contributed by atoms with Gasteiger partial charge in [-0.25, -0.2) is 0 Å². The highest BCUT2D eigenvalue weighted by Gasteiger charge is 2.15. The van der Waals surface area contributed by atoms with Crippen molar-refractivity contribution in [3.05, 3.63) is 34.3 Å². The third kappa shape index (κ3) is 5.98. The molecule has 0 heterocycles. The van der Waals surface area contributed by atoms with E-state index < -0.39 is 0 Å². The number of nitrogens with one attached hydrogen (secondary N) is 1. The van der Waals surface area contributed by atoms with Crippen LogP contribution in [0, 0.1) is 5.92 Å². The highest BCUT2D eigenvalue weighted by molar-refractivity contribution is 9.10. The number of benzene rings is 1. The molecule has 1 aromatic rings. The monoisotopic (exact) mass is 313 g/mol. The fraction of sp³-hybridized carbons (Fsp3) is 0.600. The summed E-state index contributed by atoms with van der Waals surface area (Å²) in [4.78, 5) is 0. The van der Waals surface area contributed by atoms with Gasteiger partial charge in [-0.15, -0.1) is 0 Å². The topological polar surface area (TPSA) is 21.3 Å². The maximum absolute atomic E-state index is 5.33. The molecule has 1 N–H and O–H groups in total. The van der Waals surface area contributed by atoms with Gasteiger partial charge in [0, 0.05) is 23.7 Å². The van der Waals surface area contributed by atoms with Gasteiger partial charge in [0.2, 0.25) is 0 Å². The molecule has 0 saturated carbocycles. The lowest BCUT2D eigenvalue weighted by Gasteiger charge is -2.25. The summed E-state index contributed by atoms with van der Waals surface area (Å²) >= 11 is 3.61. The van der Waals surface area contributed by atoms with Crippen LogP contribution in [0.4, 0.5) is 0 Å². The summed E-state index contributed by atoms with van der Waals surface area (Å²) in [5.74, 6) is 0.493. The summed E-state index contributed by atoms with van der Waals surface area (Å²) < 4.78 is 6.51. The molecule has 102 valence electrons. The summed E-state index contributed by atoms with van der Waals surface area (Å²) in [7, 11) is 1.77. The summed E-state index contributed by atoms with van der Waals surface area (Å²) in [6.45, 7) is 8.32. The lowest BCUT2D eigenvalue weighted by Crippen LogP contribution is -2.40. The first-order valence-electron chi connectivity index (χ1n) is 6.40. The quantitative estimate of drug-likeness (QED) is 0.865. The van der Waals surface area contributed by atoms with Crippen molar-refractivity contribution in [2.75, 3.05) is 20.3 Å². The molecule has 0 amide bonds. The molecule has 0 saturated heterocycles. The summed E-state index contributed by atoms with van der Waals surface area (Å²) in [6.07, 6.45) is 1.03. The Bertz CT molecular complexity index is 360. The SMILES string of the molecule is COCC(CNC(C)(C)C)Cc1ccccc1Br. The molecule has 0 spiro atoms. The van der Waals surface area contributed by atoms with Crippen molar-refractivity contribution in [3.63, 3.8) is 0 Å². The van der Waals surface area contributed by atoms with Crippen LogP contribution in [0.15, 0.2) is 28.7 Å². The molecule has 0 aliphatic carbocycles. The Balaban J connectivity index is 2.60. The number of hydrogen-bond acceptors (Lipinski definition) is 2. The third-order valence-corrected chi connectivity index (χ3v) is 3.56. The lowest BCUT2D eigenvalue weighted by molar-refractivity contribution is 0.146. The largest absolute Gasteiger partial charge is 0.384 e. The van der Waals surface area contributed by atoms with Gasteiger partial charge in [0.1, 0.15) is 0 Å². The van der Waals surface area contributed by atoms with E-state index >= 15 is 0 Å². The molecule has 1 aromatic carbocycles. The maximum atomic E-state index is 5.33. The molecule has 0 aliphatic heterocycles. The summed E-state index contributed by atoms with van der Waals surface area (Å²) in [5, 5.41) is 3.55. The normalized spacial score (nSPS) is 13.6. The van der Waals surface area contributed by atoms with E-state index in [1.54, 1.807) is 7.11 Å². The maximum Gasteiger partial charge on any atom is 0.0505 e. The van der Waals surface area contributed by atoms with E-state index in [2.05, 4.69) is 60.2 Å². The van der Waals surface area contributed by atoms with Crippen LogP contribution < -0.4 is 5.32 Å². The summed E-state index contributed by atoms with van der Waals surface area (Å²) in [6, 6.07) is 8.40. The molecular formula is C15H24BrNO. The standard InChI is InChI=1S/C15H24BrNO/c1-15(2,3)17-10-12(11-18-4)9-13-7-5-6-8-14(13)16/h5-8,12,17H,9-11H2,1-4H3. The summed E-state index contributed by atoms with van der Waals surface area (Å²) in [5.41, 5.74) is 1.50. The number of rotatable bonds is 6. The smallest absolute Gasteiger partial charge is 0.0505 e. The van der Waals surface area contributed by atoms with Crippen molar-refractivity contribution in [2.24, 2.45) is 5.92 Å². The van der Waals surface area contributed by atoms with Crippen LogP contribution >= 0.6 is 15.9 Å². The van der Waals surface area contributed by atoms with Crippen LogP contribution in [-0.4, -0.2) is 25.8 Å². The zero-order chi connectivity index (χ0) is 13.6. The molecule has 1 unspecified atom stereocenters. The van der Waals surface area contributed by atoms with Crippen molar-refractivity contribution in [3.8, 4) is 0 Å². The Morgan fingerprint density at radius 1 is 1.28 bits per heavy atom. The van der Waals surface area contributed by atoms with Crippen LogP contribution in [0.1, 0.15) is 26.3 Å². The Morgan fingerprint density at radius 3 is 2.50 bits per heavy atom. The number of halogens is 1. The van der Waals surface area contributed by atoms with Gasteiger partial charge in [0.05, 0.1) is 6.61 Å². The van der Waals surface area contributed by atoms with Crippen molar-refractivity contribution >= 4 is 15.9 Å². The van der Waals surface area contributed by atoms with Gasteiger partial charge in [0.15, 0.2) is 0 Å². The first-order valence-corrected chi connectivity index (χ1v) is 7.19. The minimum absolute atomic E-state index is 0.153. The molecule has 0 fully saturated rings.